The third kappa shape index (κ3) is 5.47. The fourth-order valence-corrected chi connectivity index (χ4v) is 5.89. The SMILES string of the molecule is C=N/C(=C(/F)c1nc(OCC2(CN(C)C)CC2)nc(N2CCC[C@@](C)(O)C2)c1C)c1c(C)c(C)cc2[nH]ncc12. The lowest BCUT2D eigenvalue weighted by molar-refractivity contribution is 0.0446. The lowest BCUT2D eigenvalue weighted by atomic mass is 9.94. The van der Waals surface area contributed by atoms with E-state index in [0.717, 1.165) is 47.8 Å². The molecule has 1 aliphatic heterocycles. The third-order valence-corrected chi connectivity index (χ3v) is 8.27. The molecule has 2 aliphatic rings. The molecule has 2 aromatic heterocycles. The van der Waals surface area contributed by atoms with E-state index in [-0.39, 0.29) is 22.8 Å². The van der Waals surface area contributed by atoms with Crippen LogP contribution in [0.2, 0.25) is 0 Å². The molecule has 10 heteroatoms. The minimum absolute atomic E-state index is 0.0562. The van der Waals surface area contributed by atoms with Crippen molar-refractivity contribution in [2.45, 2.75) is 59.0 Å². The molecule has 1 aromatic carbocycles. The fraction of sp³-hybridized carbons (Fsp3) is 0.533. The number of fused-ring (bicyclic) bond motifs is 1. The zero-order valence-electron chi connectivity index (χ0n) is 24.4. The zero-order chi connectivity index (χ0) is 28.8. The average Bonchev–Trinajstić information content (AvgIpc) is 3.49. The van der Waals surface area contributed by atoms with Gasteiger partial charge in [-0.3, -0.25) is 10.1 Å². The number of ether oxygens (including phenoxy) is 1. The van der Waals surface area contributed by atoms with E-state index in [9.17, 15) is 5.11 Å². The van der Waals surface area contributed by atoms with Crippen LogP contribution < -0.4 is 9.64 Å². The number of hydrogen-bond acceptors (Lipinski definition) is 8. The highest BCUT2D eigenvalue weighted by Crippen LogP contribution is 2.46. The number of nitrogens with zero attached hydrogens (tertiary/aromatic N) is 6. The Morgan fingerprint density at radius 1 is 1.23 bits per heavy atom. The molecule has 1 saturated heterocycles. The summed E-state index contributed by atoms with van der Waals surface area (Å²) in [4.78, 5) is 17.7. The molecule has 1 atom stereocenters. The van der Waals surface area contributed by atoms with Gasteiger partial charge < -0.3 is 19.6 Å². The number of rotatable bonds is 9. The van der Waals surface area contributed by atoms with E-state index in [1.807, 2.05) is 38.7 Å². The standard InChI is InChI=1S/C30H40FN7O2/c1-18-13-22-21(14-33-36-22)23(19(18)2)26(32-5)24(31)25-20(3)27(38-12-8-9-29(4,39)15-38)35-28(34-25)40-17-30(10-11-30)16-37(6)7/h13-14,39H,5,8-12,15-17H2,1-4,6-7H3,(H,33,36)/b26-24+/t29-/m1/s1. The molecule has 3 heterocycles. The number of nitrogens with one attached hydrogen (secondary N) is 1. The van der Waals surface area contributed by atoms with Gasteiger partial charge in [0, 0.05) is 41.6 Å². The second-order valence-corrected chi connectivity index (χ2v) is 12.2. The number of aromatic amines is 1. The highest BCUT2D eigenvalue weighted by atomic mass is 19.1. The maximum Gasteiger partial charge on any atom is 0.319 e. The number of H-pyrrole nitrogens is 1. The highest BCUT2D eigenvalue weighted by molar-refractivity contribution is 6.00. The first kappa shape index (κ1) is 28.2. The van der Waals surface area contributed by atoms with Crippen molar-refractivity contribution < 1.29 is 14.2 Å². The van der Waals surface area contributed by atoms with E-state index in [2.05, 4.69) is 45.9 Å². The third-order valence-electron chi connectivity index (χ3n) is 8.27. The van der Waals surface area contributed by atoms with E-state index in [1.54, 1.807) is 6.20 Å². The lowest BCUT2D eigenvalue weighted by Gasteiger charge is -2.38. The summed E-state index contributed by atoms with van der Waals surface area (Å²) in [5.41, 5.74) is 3.26. The Hall–Kier alpha value is -3.37. The van der Waals surface area contributed by atoms with Gasteiger partial charge in [-0.05, 0) is 91.4 Å². The Balaban J connectivity index is 1.63. The number of aliphatic hydroxyl groups is 1. The van der Waals surface area contributed by atoms with E-state index in [0.29, 0.717) is 43.1 Å². The van der Waals surface area contributed by atoms with Gasteiger partial charge in [0.05, 0.1) is 23.9 Å². The minimum Gasteiger partial charge on any atom is -0.463 e. The molecule has 40 heavy (non-hydrogen) atoms. The number of halogens is 1. The minimum atomic E-state index is -0.867. The van der Waals surface area contributed by atoms with E-state index >= 15 is 4.39 Å². The lowest BCUT2D eigenvalue weighted by Crippen LogP contribution is -2.46. The van der Waals surface area contributed by atoms with Crippen LogP contribution in [0, 0.1) is 26.2 Å². The highest BCUT2D eigenvalue weighted by Gasteiger charge is 2.44. The molecule has 1 aliphatic carbocycles. The number of hydrogen-bond donors (Lipinski definition) is 2. The van der Waals surface area contributed by atoms with Crippen molar-refractivity contribution in [1.29, 1.82) is 0 Å². The monoisotopic (exact) mass is 549 g/mol. The average molecular weight is 550 g/mol. The summed E-state index contributed by atoms with van der Waals surface area (Å²) in [5, 5.41) is 18.7. The number of anilines is 1. The molecule has 3 aromatic rings. The first-order valence-corrected chi connectivity index (χ1v) is 13.9. The summed E-state index contributed by atoms with van der Waals surface area (Å²) >= 11 is 0. The maximum absolute atomic E-state index is 16.7. The largest absolute Gasteiger partial charge is 0.463 e. The second kappa shape index (κ2) is 10.6. The molecule has 0 spiro atoms. The normalized spacial score (nSPS) is 21.1. The van der Waals surface area contributed by atoms with Crippen LogP contribution in [-0.4, -0.2) is 82.8 Å². The Kier molecular flexibility index (Phi) is 7.43. The van der Waals surface area contributed by atoms with Crippen molar-refractivity contribution in [3.05, 3.63) is 40.2 Å². The number of aryl methyl sites for hydroxylation is 1. The van der Waals surface area contributed by atoms with Crippen LogP contribution in [0.5, 0.6) is 6.01 Å². The van der Waals surface area contributed by atoms with Crippen LogP contribution in [0.15, 0.2) is 17.3 Å². The molecule has 0 radical (unpaired) electrons. The van der Waals surface area contributed by atoms with E-state index in [1.165, 1.54) is 0 Å². The fourth-order valence-electron chi connectivity index (χ4n) is 5.89. The number of aromatic nitrogens is 4. The van der Waals surface area contributed by atoms with Crippen LogP contribution in [0.25, 0.3) is 22.4 Å². The van der Waals surface area contributed by atoms with Gasteiger partial charge in [-0.25, -0.2) is 4.39 Å². The zero-order valence-corrected chi connectivity index (χ0v) is 24.4. The number of aliphatic imine (C=N–C) groups is 1. The molecule has 9 nitrogen and oxygen atoms in total. The predicted molar refractivity (Wildman–Crippen MR) is 158 cm³/mol. The van der Waals surface area contributed by atoms with Gasteiger partial charge in [-0.15, -0.1) is 0 Å². The van der Waals surface area contributed by atoms with E-state index in [4.69, 9.17) is 9.72 Å². The summed E-state index contributed by atoms with van der Waals surface area (Å²) in [6, 6.07) is 2.11. The Morgan fingerprint density at radius 2 is 1.98 bits per heavy atom. The van der Waals surface area contributed by atoms with Crippen molar-refractivity contribution in [1.82, 2.24) is 25.1 Å². The predicted octanol–water partition coefficient (Wildman–Crippen LogP) is 4.85. The molecule has 0 bridgehead atoms. The summed E-state index contributed by atoms with van der Waals surface area (Å²) < 4.78 is 22.9. The van der Waals surface area contributed by atoms with Crippen LogP contribution in [0.3, 0.4) is 0 Å². The molecule has 2 N–H and O–H groups in total. The molecule has 1 saturated carbocycles. The van der Waals surface area contributed by atoms with Gasteiger partial charge in [0.1, 0.15) is 17.2 Å². The van der Waals surface area contributed by atoms with Crippen LogP contribution in [0.4, 0.5) is 10.2 Å². The summed E-state index contributed by atoms with van der Waals surface area (Å²) in [6.45, 7) is 13.7. The summed E-state index contributed by atoms with van der Waals surface area (Å²) in [7, 11) is 4.10. The van der Waals surface area contributed by atoms with Crippen LogP contribution in [-0.2, 0) is 0 Å². The number of benzene rings is 1. The Morgan fingerprint density at radius 3 is 2.62 bits per heavy atom. The van der Waals surface area contributed by atoms with Gasteiger partial charge in [-0.2, -0.15) is 15.1 Å². The molecular formula is C30H40FN7O2. The topological polar surface area (TPSA) is 103 Å². The van der Waals surface area contributed by atoms with Gasteiger partial charge in [-0.1, -0.05) is 0 Å². The van der Waals surface area contributed by atoms with Gasteiger partial charge in [0.2, 0.25) is 0 Å². The van der Waals surface area contributed by atoms with Gasteiger partial charge in [0.15, 0.2) is 5.83 Å². The molecule has 5 rings (SSSR count). The van der Waals surface area contributed by atoms with Gasteiger partial charge >= 0.3 is 6.01 Å². The van der Waals surface area contributed by atoms with Gasteiger partial charge in [0.25, 0.3) is 0 Å². The molecule has 2 fully saturated rings. The van der Waals surface area contributed by atoms with Crippen molar-refractivity contribution in [2.24, 2.45) is 10.4 Å². The summed E-state index contributed by atoms with van der Waals surface area (Å²) in [5.74, 6) is -0.0409. The van der Waals surface area contributed by atoms with Crippen molar-refractivity contribution in [2.75, 3.05) is 45.2 Å². The van der Waals surface area contributed by atoms with Crippen LogP contribution >= 0.6 is 0 Å². The molecular weight excluding hydrogens is 509 g/mol. The first-order chi connectivity index (χ1) is 18.9. The van der Waals surface area contributed by atoms with E-state index < -0.39 is 11.4 Å². The maximum atomic E-state index is 16.7. The molecule has 214 valence electrons. The van der Waals surface area contributed by atoms with Crippen molar-refractivity contribution in [3.8, 4) is 6.01 Å². The number of piperidine rings is 1. The molecule has 0 amide bonds. The smallest absolute Gasteiger partial charge is 0.319 e. The van der Waals surface area contributed by atoms with Crippen LogP contribution in [0.1, 0.15) is 60.6 Å². The van der Waals surface area contributed by atoms with Crippen molar-refractivity contribution >= 4 is 35.0 Å². The van der Waals surface area contributed by atoms with Crippen molar-refractivity contribution in [3.63, 3.8) is 0 Å². The quantitative estimate of drug-likeness (QED) is 0.368. The summed E-state index contributed by atoms with van der Waals surface area (Å²) in [6.07, 6.45) is 5.31. The first-order valence-electron chi connectivity index (χ1n) is 13.9. The second-order valence-electron chi connectivity index (χ2n) is 12.2. The molecule has 0 unspecified atom stereocenters. The number of β-amino-alcohol motifs (C(OH)–C–C–N with tert-alkyl or cyclic N) is 1. The Labute approximate surface area is 235 Å². The Bertz CT molecular complexity index is 1470.